The minimum atomic E-state index is -0.690. The minimum absolute atomic E-state index is 0.0468. The van der Waals surface area contributed by atoms with Gasteiger partial charge in [0.25, 0.3) is 11.6 Å². The van der Waals surface area contributed by atoms with Crippen molar-refractivity contribution in [3.8, 4) is 17.4 Å². The molecule has 36 heavy (non-hydrogen) atoms. The summed E-state index contributed by atoms with van der Waals surface area (Å²) in [7, 11) is 2.62. The number of pyridine rings is 1. The zero-order chi connectivity index (χ0) is 25.8. The monoisotopic (exact) mass is 494 g/mol. The van der Waals surface area contributed by atoms with E-state index in [-0.39, 0.29) is 41.1 Å². The fourth-order valence-electron chi connectivity index (χ4n) is 3.26. The third kappa shape index (κ3) is 4.84. The standard InChI is InChI=1S/C23H18N4O9/c1-33-17-5-3-4-13(20(17)36-19-9-6-14(11-24-19)27(31)32)10-16-21(28)26(23(30)25-16)12-15-7-8-18(35-15)22(29)34-2/h3-11H,12H2,1-2H3,(H,25,30). The zero-order valence-corrected chi connectivity index (χ0v) is 18.9. The molecule has 1 saturated heterocycles. The van der Waals surface area contributed by atoms with Gasteiger partial charge in [-0.1, -0.05) is 12.1 Å². The van der Waals surface area contributed by atoms with E-state index < -0.39 is 22.8 Å². The van der Waals surface area contributed by atoms with E-state index in [0.717, 1.165) is 11.1 Å². The van der Waals surface area contributed by atoms with E-state index in [1.807, 2.05) is 0 Å². The van der Waals surface area contributed by atoms with Crippen molar-refractivity contribution in [2.45, 2.75) is 6.54 Å². The maximum Gasteiger partial charge on any atom is 0.373 e. The molecule has 13 heteroatoms. The molecule has 13 nitrogen and oxygen atoms in total. The van der Waals surface area contributed by atoms with Gasteiger partial charge in [-0.2, -0.15) is 0 Å². The molecular formula is C23H18N4O9. The Morgan fingerprint density at radius 3 is 2.67 bits per heavy atom. The summed E-state index contributed by atoms with van der Waals surface area (Å²) in [6.45, 7) is -0.215. The molecule has 3 amide bonds. The van der Waals surface area contributed by atoms with Gasteiger partial charge in [0.15, 0.2) is 11.5 Å². The van der Waals surface area contributed by atoms with Crippen molar-refractivity contribution in [1.82, 2.24) is 15.2 Å². The number of carbonyl (C=O) groups is 3. The first-order valence-electron chi connectivity index (χ1n) is 10.3. The molecule has 1 fully saturated rings. The molecule has 0 unspecified atom stereocenters. The molecular weight excluding hydrogens is 476 g/mol. The Labute approximate surface area is 203 Å². The highest BCUT2D eigenvalue weighted by molar-refractivity contribution is 6.14. The number of hydrogen-bond donors (Lipinski definition) is 1. The Kier molecular flexibility index (Phi) is 6.63. The number of aromatic nitrogens is 1. The number of hydrogen-bond acceptors (Lipinski definition) is 10. The van der Waals surface area contributed by atoms with Crippen LogP contribution in [0.4, 0.5) is 10.5 Å². The second kappa shape index (κ2) is 9.97. The Morgan fingerprint density at radius 1 is 1.19 bits per heavy atom. The maximum absolute atomic E-state index is 12.9. The summed E-state index contributed by atoms with van der Waals surface area (Å²) in [5.41, 5.74) is 0.111. The number of amides is 3. The van der Waals surface area contributed by atoms with E-state index in [1.165, 1.54) is 44.6 Å². The van der Waals surface area contributed by atoms with E-state index in [4.69, 9.17) is 13.9 Å². The number of rotatable bonds is 8. The van der Waals surface area contributed by atoms with Crippen LogP contribution in [0.15, 0.2) is 58.8 Å². The summed E-state index contributed by atoms with van der Waals surface area (Å²) in [6.07, 6.45) is 2.44. The molecule has 184 valence electrons. The quantitative estimate of drug-likeness (QED) is 0.162. The fourth-order valence-corrected chi connectivity index (χ4v) is 3.26. The average Bonchev–Trinajstić information content (AvgIpc) is 3.45. The molecule has 3 heterocycles. The van der Waals surface area contributed by atoms with Gasteiger partial charge in [0.2, 0.25) is 11.6 Å². The molecule has 0 spiro atoms. The predicted octanol–water partition coefficient (Wildman–Crippen LogP) is 3.26. The Hall–Kier alpha value is -5.20. The highest BCUT2D eigenvalue weighted by atomic mass is 16.6. The van der Waals surface area contributed by atoms with Crippen LogP contribution in [0, 0.1) is 10.1 Å². The van der Waals surface area contributed by atoms with Crippen molar-refractivity contribution in [3.63, 3.8) is 0 Å². The lowest BCUT2D eigenvalue weighted by Crippen LogP contribution is -2.30. The van der Waals surface area contributed by atoms with Crippen molar-refractivity contribution < 1.29 is 37.9 Å². The van der Waals surface area contributed by atoms with Gasteiger partial charge in [0, 0.05) is 17.7 Å². The summed E-state index contributed by atoms with van der Waals surface area (Å²) < 4.78 is 21.0. The van der Waals surface area contributed by atoms with Crippen LogP contribution in [0.1, 0.15) is 21.9 Å². The zero-order valence-electron chi connectivity index (χ0n) is 18.9. The van der Waals surface area contributed by atoms with E-state index in [0.29, 0.717) is 11.3 Å². The molecule has 1 N–H and O–H groups in total. The first-order chi connectivity index (χ1) is 17.3. The molecule has 0 radical (unpaired) electrons. The second-order valence-electron chi connectivity index (χ2n) is 7.23. The first kappa shape index (κ1) is 23.9. The maximum atomic E-state index is 12.9. The number of para-hydroxylation sites is 1. The van der Waals surface area contributed by atoms with Crippen molar-refractivity contribution in [2.75, 3.05) is 14.2 Å². The molecule has 1 aromatic carbocycles. The molecule has 1 aliphatic heterocycles. The summed E-state index contributed by atoms with van der Waals surface area (Å²) in [6, 6.07) is 9.57. The van der Waals surface area contributed by atoms with Crippen LogP contribution in [-0.4, -0.2) is 46.9 Å². The highest BCUT2D eigenvalue weighted by Gasteiger charge is 2.34. The van der Waals surface area contributed by atoms with E-state index in [1.54, 1.807) is 18.2 Å². The van der Waals surface area contributed by atoms with Gasteiger partial charge in [0.1, 0.15) is 17.7 Å². The van der Waals surface area contributed by atoms with Crippen molar-refractivity contribution in [1.29, 1.82) is 0 Å². The van der Waals surface area contributed by atoms with Crippen molar-refractivity contribution in [3.05, 3.63) is 81.6 Å². The van der Waals surface area contributed by atoms with Crippen molar-refractivity contribution in [2.24, 2.45) is 0 Å². The fraction of sp³-hybridized carbons (Fsp3) is 0.130. The summed E-state index contributed by atoms with van der Waals surface area (Å²) >= 11 is 0. The lowest BCUT2D eigenvalue weighted by molar-refractivity contribution is -0.385. The van der Waals surface area contributed by atoms with Crippen LogP contribution in [0.3, 0.4) is 0 Å². The molecule has 0 aliphatic carbocycles. The molecule has 3 aromatic rings. The lowest BCUT2D eigenvalue weighted by atomic mass is 10.1. The average molecular weight is 494 g/mol. The lowest BCUT2D eigenvalue weighted by Gasteiger charge is -2.12. The van der Waals surface area contributed by atoms with E-state index >= 15 is 0 Å². The summed E-state index contributed by atoms with van der Waals surface area (Å²) in [5.74, 6) is -0.673. The SMILES string of the molecule is COC(=O)c1ccc(CN2C(=O)NC(=Cc3cccc(OC)c3Oc3ccc([N+](=O)[O-])cn3)C2=O)o1. The Morgan fingerprint density at radius 2 is 2.00 bits per heavy atom. The summed E-state index contributed by atoms with van der Waals surface area (Å²) in [5, 5.41) is 13.4. The number of methoxy groups -OCH3 is 2. The van der Waals surface area contributed by atoms with Gasteiger partial charge in [0.05, 0.1) is 25.7 Å². The first-order valence-corrected chi connectivity index (χ1v) is 10.3. The molecule has 2 aromatic heterocycles. The number of esters is 1. The van der Waals surface area contributed by atoms with Crippen LogP contribution in [-0.2, 0) is 16.1 Å². The molecule has 1 aliphatic rings. The van der Waals surface area contributed by atoms with Crippen LogP contribution in [0.5, 0.6) is 17.4 Å². The van der Waals surface area contributed by atoms with E-state index in [2.05, 4.69) is 15.0 Å². The minimum Gasteiger partial charge on any atom is -0.493 e. The normalized spacial score (nSPS) is 14.1. The smallest absolute Gasteiger partial charge is 0.373 e. The van der Waals surface area contributed by atoms with Gasteiger partial charge in [-0.05, 0) is 24.3 Å². The molecule has 0 atom stereocenters. The van der Waals surface area contributed by atoms with Crippen LogP contribution in [0.2, 0.25) is 0 Å². The number of carbonyl (C=O) groups excluding carboxylic acids is 3. The molecule has 4 rings (SSSR count). The number of furan rings is 1. The third-order valence-electron chi connectivity index (χ3n) is 4.99. The topological polar surface area (TPSA) is 163 Å². The van der Waals surface area contributed by atoms with Crippen LogP contribution >= 0.6 is 0 Å². The Balaban J connectivity index is 1.59. The highest BCUT2D eigenvalue weighted by Crippen LogP contribution is 2.36. The number of nitro groups is 1. The van der Waals surface area contributed by atoms with Crippen molar-refractivity contribution >= 4 is 29.7 Å². The van der Waals surface area contributed by atoms with Gasteiger partial charge >= 0.3 is 12.0 Å². The van der Waals surface area contributed by atoms with Gasteiger partial charge < -0.3 is 23.9 Å². The van der Waals surface area contributed by atoms with Gasteiger partial charge in [-0.25, -0.2) is 14.6 Å². The number of urea groups is 1. The Bertz CT molecular complexity index is 1380. The third-order valence-corrected chi connectivity index (χ3v) is 4.99. The number of ether oxygens (including phenoxy) is 3. The van der Waals surface area contributed by atoms with Crippen LogP contribution in [0.25, 0.3) is 6.08 Å². The van der Waals surface area contributed by atoms with Gasteiger partial charge in [-0.3, -0.25) is 19.8 Å². The second-order valence-corrected chi connectivity index (χ2v) is 7.23. The largest absolute Gasteiger partial charge is 0.493 e. The summed E-state index contributed by atoms with van der Waals surface area (Å²) in [4.78, 5) is 52.1. The van der Waals surface area contributed by atoms with E-state index in [9.17, 15) is 24.5 Å². The molecule has 0 bridgehead atoms. The van der Waals surface area contributed by atoms with Crippen LogP contribution < -0.4 is 14.8 Å². The number of imide groups is 1. The number of nitrogens with one attached hydrogen (secondary N) is 1. The molecule has 0 saturated carbocycles. The number of benzene rings is 1. The number of nitrogens with zero attached hydrogens (tertiary/aromatic N) is 3. The predicted molar refractivity (Wildman–Crippen MR) is 121 cm³/mol. The van der Waals surface area contributed by atoms with Gasteiger partial charge in [-0.15, -0.1) is 0 Å².